The lowest BCUT2D eigenvalue weighted by molar-refractivity contribution is -0.139. The SMILES string of the molecule is CCCCN1CCCC2(C1=O)c1ccccc1Oc1ccccc12. The Morgan fingerprint density at radius 1 is 1.04 bits per heavy atom. The second kappa shape index (κ2) is 5.97. The summed E-state index contributed by atoms with van der Waals surface area (Å²) in [7, 11) is 0. The van der Waals surface area contributed by atoms with Gasteiger partial charge in [0, 0.05) is 24.2 Å². The fraction of sp³-hybridized carbons (Fsp3) is 0.381. The third-order valence-electron chi connectivity index (χ3n) is 5.33. The Morgan fingerprint density at radius 3 is 2.29 bits per heavy atom. The van der Waals surface area contributed by atoms with Crippen molar-refractivity contribution in [3.63, 3.8) is 0 Å². The minimum Gasteiger partial charge on any atom is -0.457 e. The molecule has 2 aliphatic heterocycles. The first-order chi connectivity index (χ1) is 11.8. The van der Waals surface area contributed by atoms with Crippen LogP contribution in [0.2, 0.25) is 0 Å². The summed E-state index contributed by atoms with van der Waals surface area (Å²) in [5.41, 5.74) is 1.46. The van der Waals surface area contributed by atoms with Crippen molar-refractivity contribution in [3.05, 3.63) is 59.7 Å². The van der Waals surface area contributed by atoms with Gasteiger partial charge in [0.2, 0.25) is 5.91 Å². The minimum atomic E-state index is -0.586. The quantitative estimate of drug-likeness (QED) is 0.833. The molecule has 0 unspecified atom stereocenters. The van der Waals surface area contributed by atoms with Crippen molar-refractivity contribution in [2.45, 2.75) is 38.0 Å². The van der Waals surface area contributed by atoms with E-state index >= 15 is 0 Å². The summed E-state index contributed by atoms with van der Waals surface area (Å²) in [6, 6.07) is 16.0. The highest BCUT2D eigenvalue weighted by Gasteiger charge is 2.51. The van der Waals surface area contributed by atoms with Crippen molar-refractivity contribution in [2.75, 3.05) is 13.1 Å². The number of piperidine rings is 1. The van der Waals surface area contributed by atoms with Crippen LogP contribution >= 0.6 is 0 Å². The number of benzene rings is 2. The number of hydrogen-bond donors (Lipinski definition) is 0. The Kier molecular flexibility index (Phi) is 3.79. The molecule has 2 heterocycles. The molecule has 4 rings (SSSR count). The van der Waals surface area contributed by atoms with E-state index in [1.54, 1.807) is 0 Å². The molecule has 0 saturated carbocycles. The van der Waals surface area contributed by atoms with Gasteiger partial charge in [-0.25, -0.2) is 0 Å². The van der Waals surface area contributed by atoms with Gasteiger partial charge < -0.3 is 9.64 Å². The van der Waals surface area contributed by atoms with Gasteiger partial charge in [0.15, 0.2) is 0 Å². The zero-order valence-electron chi connectivity index (χ0n) is 14.1. The number of carbonyl (C=O) groups excluding carboxylic acids is 1. The highest BCUT2D eigenvalue weighted by molar-refractivity contribution is 5.95. The van der Waals surface area contributed by atoms with Gasteiger partial charge in [0.1, 0.15) is 16.9 Å². The van der Waals surface area contributed by atoms with Crippen LogP contribution in [-0.4, -0.2) is 23.9 Å². The summed E-state index contributed by atoms with van der Waals surface area (Å²) >= 11 is 0. The number of nitrogens with zero attached hydrogens (tertiary/aromatic N) is 1. The maximum atomic E-state index is 13.6. The van der Waals surface area contributed by atoms with Crippen molar-refractivity contribution in [3.8, 4) is 11.5 Å². The molecule has 124 valence electrons. The second-order valence-electron chi connectivity index (χ2n) is 6.75. The molecular weight excluding hydrogens is 298 g/mol. The second-order valence-corrected chi connectivity index (χ2v) is 6.75. The molecular formula is C21H23NO2. The smallest absolute Gasteiger partial charge is 0.237 e. The lowest BCUT2D eigenvalue weighted by Crippen LogP contribution is -2.53. The van der Waals surface area contributed by atoms with Gasteiger partial charge in [-0.1, -0.05) is 49.7 Å². The molecule has 0 aromatic heterocycles. The van der Waals surface area contributed by atoms with E-state index in [1.807, 2.05) is 36.4 Å². The average molecular weight is 321 g/mol. The fourth-order valence-electron chi connectivity index (χ4n) is 4.16. The van der Waals surface area contributed by atoms with Gasteiger partial charge in [-0.3, -0.25) is 4.79 Å². The Morgan fingerprint density at radius 2 is 1.67 bits per heavy atom. The summed E-state index contributed by atoms with van der Waals surface area (Å²) in [5, 5.41) is 0. The molecule has 0 bridgehead atoms. The summed E-state index contributed by atoms with van der Waals surface area (Å²) in [6.45, 7) is 3.89. The van der Waals surface area contributed by atoms with Gasteiger partial charge in [-0.2, -0.15) is 0 Å². The number of carbonyl (C=O) groups is 1. The zero-order chi connectivity index (χ0) is 16.6. The van der Waals surface area contributed by atoms with E-state index < -0.39 is 5.41 Å². The van der Waals surface area contributed by atoms with Crippen LogP contribution < -0.4 is 4.74 Å². The molecule has 0 aliphatic carbocycles. The summed E-state index contributed by atoms with van der Waals surface area (Å²) in [4.78, 5) is 15.7. The van der Waals surface area contributed by atoms with Crippen molar-refractivity contribution in [1.82, 2.24) is 4.90 Å². The van der Waals surface area contributed by atoms with Crippen molar-refractivity contribution in [2.24, 2.45) is 0 Å². The van der Waals surface area contributed by atoms with Gasteiger partial charge in [0.25, 0.3) is 0 Å². The molecule has 1 saturated heterocycles. The molecule has 0 radical (unpaired) electrons. The molecule has 1 spiro atoms. The number of para-hydroxylation sites is 2. The first-order valence-electron chi connectivity index (χ1n) is 8.93. The van der Waals surface area contributed by atoms with Gasteiger partial charge in [0.05, 0.1) is 0 Å². The van der Waals surface area contributed by atoms with Crippen molar-refractivity contribution in [1.29, 1.82) is 0 Å². The fourth-order valence-corrected chi connectivity index (χ4v) is 4.16. The topological polar surface area (TPSA) is 29.5 Å². The monoisotopic (exact) mass is 321 g/mol. The molecule has 2 aliphatic rings. The predicted molar refractivity (Wildman–Crippen MR) is 94.5 cm³/mol. The standard InChI is InChI=1S/C21H23NO2/c1-2-3-14-22-15-8-13-21(20(22)23)16-9-4-6-11-18(16)24-19-12-7-5-10-17(19)21/h4-7,9-12H,2-3,8,13-15H2,1H3. The summed E-state index contributed by atoms with van der Waals surface area (Å²) in [6.07, 6.45) is 4.04. The predicted octanol–water partition coefficient (Wildman–Crippen LogP) is 4.50. The molecule has 0 atom stereocenters. The largest absolute Gasteiger partial charge is 0.457 e. The summed E-state index contributed by atoms with van der Waals surface area (Å²) in [5.74, 6) is 1.88. The molecule has 0 N–H and O–H groups in total. The van der Waals surface area contributed by atoms with Gasteiger partial charge in [-0.05, 0) is 31.4 Å². The number of ether oxygens (including phenoxy) is 1. The lowest BCUT2D eigenvalue weighted by atomic mass is 9.67. The number of likely N-dealkylation sites (tertiary alicyclic amines) is 1. The molecule has 24 heavy (non-hydrogen) atoms. The van der Waals surface area contributed by atoms with E-state index in [1.165, 1.54) is 0 Å². The average Bonchev–Trinajstić information content (AvgIpc) is 2.63. The third kappa shape index (κ3) is 2.15. The van der Waals surface area contributed by atoms with E-state index in [-0.39, 0.29) is 5.91 Å². The highest BCUT2D eigenvalue weighted by atomic mass is 16.5. The first kappa shape index (κ1) is 15.3. The number of amides is 1. The number of fused-ring (bicyclic) bond motifs is 4. The Labute approximate surface area is 143 Å². The first-order valence-corrected chi connectivity index (χ1v) is 8.93. The zero-order valence-corrected chi connectivity index (χ0v) is 14.1. The molecule has 1 fully saturated rings. The maximum absolute atomic E-state index is 13.6. The number of rotatable bonds is 3. The molecule has 2 aromatic rings. The van der Waals surface area contributed by atoms with E-state index in [9.17, 15) is 4.79 Å². The van der Waals surface area contributed by atoms with Crippen LogP contribution in [0.4, 0.5) is 0 Å². The number of hydrogen-bond acceptors (Lipinski definition) is 2. The van der Waals surface area contributed by atoms with Crippen LogP contribution in [0, 0.1) is 0 Å². The van der Waals surface area contributed by atoms with Gasteiger partial charge in [-0.15, -0.1) is 0 Å². The van der Waals surface area contributed by atoms with Crippen LogP contribution in [0.25, 0.3) is 0 Å². The van der Waals surface area contributed by atoms with Crippen LogP contribution in [0.15, 0.2) is 48.5 Å². The van der Waals surface area contributed by atoms with Crippen LogP contribution in [0.5, 0.6) is 11.5 Å². The minimum absolute atomic E-state index is 0.241. The molecule has 3 nitrogen and oxygen atoms in total. The normalized spacial score (nSPS) is 18.0. The van der Waals surface area contributed by atoms with Gasteiger partial charge >= 0.3 is 0 Å². The highest BCUT2D eigenvalue weighted by Crippen LogP contribution is 2.52. The third-order valence-corrected chi connectivity index (χ3v) is 5.33. The van der Waals surface area contributed by atoms with E-state index in [0.29, 0.717) is 0 Å². The van der Waals surface area contributed by atoms with Crippen molar-refractivity contribution < 1.29 is 9.53 Å². The molecule has 3 heteroatoms. The number of unbranched alkanes of at least 4 members (excludes halogenated alkanes) is 1. The van der Waals surface area contributed by atoms with Crippen molar-refractivity contribution >= 4 is 5.91 Å². The van der Waals surface area contributed by atoms with E-state index in [2.05, 4.69) is 24.0 Å². The molecule has 2 aromatic carbocycles. The van der Waals surface area contributed by atoms with Crippen LogP contribution in [-0.2, 0) is 10.2 Å². The Bertz CT molecular complexity index is 722. The maximum Gasteiger partial charge on any atom is 0.237 e. The summed E-state index contributed by atoms with van der Waals surface area (Å²) < 4.78 is 6.10. The Hall–Kier alpha value is -2.29. The van der Waals surface area contributed by atoms with Crippen LogP contribution in [0.3, 0.4) is 0 Å². The van der Waals surface area contributed by atoms with E-state index in [0.717, 1.165) is 61.4 Å². The van der Waals surface area contributed by atoms with E-state index in [4.69, 9.17) is 4.74 Å². The molecule has 1 amide bonds. The van der Waals surface area contributed by atoms with Crippen LogP contribution in [0.1, 0.15) is 43.7 Å². The lowest BCUT2D eigenvalue weighted by Gasteiger charge is -2.45. The Balaban J connectivity index is 1.88.